The molecule has 0 aliphatic heterocycles. The first-order valence-corrected chi connectivity index (χ1v) is 9.42. The Kier molecular flexibility index (Phi) is 6.62. The SMILES string of the molecule is CCN(CC)S(=O)(=O)c1cc(NC(=O)CC(C)(C)C)ccc1Cl. The lowest BCUT2D eigenvalue weighted by Crippen LogP contribution is -2.31. The molecule has 0 atom stereocenters. The van der Waals surface area contributed by atoms with Gasteiger partial charge in [-0.1, -0.05) is 46.2 Å². The van der Waals surface area contributed by atoms with Gasteiger partial charge in [0, 0.05) is 25.2 Å². The fourth-order valence-corrected chi connectivity index (χ4v) is 4.13. The maximum atomic E-state index is 12.6. The number of nitrogens with zero attached hydrogens (tertiary/aromatic N) is 1. The minimum atomic E-state index is -3.68. The molecule has 130 valence electrons. The molecule has 5 nitrogen and oxygen atoms in total. The van der Waals surface area contributed by atoms with Crippen molar-refractivity contribution < 1.29 is 13.2 Å². The Morgan fingerprint density at radius 3 is 2.26 bits per heavy atom. The Morgan fingerprint density at radius 2 is 1.78 bits per heavy atom. The maximum Gasteiger partial charge on any atom is 0.244 e. The highest BCUT2D eigenvalue weighted by molar-refractivity contribution is 7.89. The predicted octanol–water partition coefficient (Wildman–Crippen LogP) is 3.75. The van der Waals surface area contributed by atoms with Gasteiger partial charge >= 0.3 is 0 Å². The van der Waals surface area contributed by atoms with Gasteiger partial charge in [-0.2, -0.15) is 4.31 Å². The minimum Gasteiger partial charge on any atom is -0.326 e. The maximum absolute atomic E-state index is 12.6. The van der Waals surface area contributed by atoms with Gasteiger partial charge in [-0.05, 0) is 23.6 Å². The molecule has 0 saturated heterocycles. The van der Waals surface area contributed by atoms with Gasteiger partial charge in [0.1, 0.15) is 4.90 Å². The van der Waals surface area contributed by atoms with Crippen LogP contribution in [0.15, 0.2) is 23.1 Å². The van der Waals surface area contributed by atoms with Gasteiger partial charge in [0.15, 0.2) is 0 Å². The molecule has 0 unspecified atom stereocenters. The fraction of sp³-hybridized carbons (Fsp3) is 0.562. The molecule has 0 aromatic heterocycles. The summed E-state index contributed by atoms with van der Waals surface area (Å²) in [6, 6.07) is 4.51. The molecular formula is C16H25ClN2O3S. The van der Waals surface area contributed by atoms with Crippen molar-refractivity contribution >= 4 is 33.2 Å². The second kappa shape index (κ2) is 7.64. The number of anilines is 1. The van der Waals surface area contributed by atoms with Crippen LogP contribution in [0, 0.1) is 5.41 Å². The average molecular weight is 361 g/mol. The molecule has 1 aromatic rings. The Hall–Kier alpha value is -1.11. The smallest absolute Gasteiger partial charge is 0.244 e. The molecule has 0 heterocycles. The van der Waals surface area contributed by atoms with Gasteiger partial charge in [0.05, 0.1) is 5.02 Å². The zero-order valence-corrected chi connectivity index (χ0v) is 15.9. The van der Waals surface area contributed by atoms with Crippen molar-refractivity contribution in [1.29, 1.82) is 0 Å². The molecule has 0 bridgehead atoms. The van der Waals surface area contributed by atoms with Gasteiger partial charge in [0.2, 0.25) is 15.9 Å². The van der Waals surface area contributed by atoms with Crippen LogP contribution in [0.2, 0.25) is 5.02 Å². The van der Waals surface area contributed by atoms with Crippen LogP contribution in [0.4, 0.5) is 5.69 Å². The van der Waals surface area contributed by atoms with Gasteiger partial charge in [-0.15, -0.1) is 0 Å². The van der Waals surface area contributed by atoms with Crippen molar-refractivity contribution in [2.45, 2.75) is 45.9 Å². The molecule has 0 spiro atoms. The van der Waals surface area contributed by atoms with Gasteiger partial charge < -0.3 is 5.32 Å². The highest BCUT2D eigenvalue weighted by atomic mass is 35.5. The zero-order valence-electron chi connectivity index (χ0n) is 14.3. The van der Waals surface area contributed by atoms with Crippen LogP contribution in [0.5, 0.6) is 0 Å². The number of carbonyl (C=O) groups is 1. The molecule has 7 heteroatoms. The lowest BCUT2D eigenvalue weighted by Gasteiger charge is -2.20. The first-order valence-electron chi connectivity index (χ1n) is 7.60. The molecule has 1 aromatic carbocycles. The predicted molar refractivity (Wildman–Crippen MR) is 94.3 cm³/mol. The van der Waals surface area contributed by atoms with E-state index in [1.54, 1.807) is 19.9 Å². The van der Waals surface area contributed by atoms with E-state index in [2.05, 4.69) is 5.32 Å². The van der Waals surface area contributed by atoms with E-state index in [-0.39, 0.29) is 21.2 Å². The molecule has 1 amide bonds. The van der Waals surface area contributed by atoms with Crippen LogP contribution in [0.1, 0.15) is 41.0 Å². The second-order valence-corrected chi connectivity index (χ2v) is 8.83. The number of hydrogen-bond acceptors (Lipinski definition) is 3. The Labute approximate surface area is 144 Å². The quantitative estimate of drug-likeness (QED) is 0.840. The van der Waals surface area contributed by atoms with E-state index in [9.17, 15) is 13.2 Å². The summed E-state index contributed by atoms with van der Waals surface area (Å²) in [6.45, 7) is 10.1. The number of carbonyl (C=O) groups excluding carboxylic acids is 1. The summed E-state index contributed by atoms with van der Waals surface area (Å²) in [5, 5.41) is 2.88. The van der Waals surface area contributed by atoms with Crippen molar-refractivity contribution in [2.75, 3.05) is 18.4 Å². The van der Waals surface area contributed by atoms with Crippen LogP contribution in [-0.2, 0) is 14.8 Å². The van der Waals surface area contributed by atoms with Crippen molar-refractivity contribution in [3.63, 3.8) is 0 Å². The van der Waals surface area contributed by atoms with Crippen molar-refractivity contribution in [1.82, 2.24) is 4.31 Å². The Morgan fingerprint density at radius 1 is 1.22 bits per heavy atom. The van der Waals surface area contributed by atoms with Gasteiger partial charge in [-0.25, -0.2) is 8.42 Å². The van der Waals surface area contributed by atoms with Crippen LogP contribution in [0.3, 0.4) is 0 Å². The number of rotatable bonds is 6. The standard InChI is InChI=1S/C16H25ClN2O3S/c1-6-19(7-2)23(21,22)14-10-12(8-9-13(14)17)18-15(20)11-16(3,4)5/h8-10H,6-7,11H2,1-5H3,(H,18,20). The summed E-state index contributed by atoms with van der Waals surface area (Å²) >= 11 is 6.06. The van der Waals surface area contributed by atoms with Crippen molar-refractivity contribution in [3.05, 3.63) is 23.2 Å². The van der Waals surface area contributed by atoms with Crippen LogP contribution in [0.25, 0.3) is 0 Å². The van der Waals surface area contributed by atoms with Crippen LogP contribution in [-0.4, -0.2) is 31.7 Å². The lowest BCUT2D eigenvalue weighted by atomic mass is 9.92. The average Bonchev–Trinajstić information content (AvgIpc) is 2.39. The normalized spacial score (nSPS) is 12.5. The topological polar surface area (TPSA) is 66.5 Å². The van der Waals surface area contributed by atoms with Crippen molar-refractivity contribution in [3.8, 4) is 0 Å². The summed E-state index contributed by atoms with van der Waals surface area (Å²) in [5.41, 5.74) is 0.279. The molecule has 0 saturated carbocycles. The van der Waals surface area contributed by atoms with E-state index < -0.39 is 10.0 Å². The van der Waals surface area contributed by atoms with Crippen LogP contribution < -0.4 is 5.32 Å². The van der Waals surface area contributed by atoms with E-state index >= 15 is 0 Å². The molecule has 23 heavy (non-hydrogen) atoms. The minimum absolute atomic E-state index is 0.0106. The highest BCUT2D eigenvalue weighted by Gasteiger charge is 2.25. The van der Waals surface area contributed by atoms with E-state index in [0.717, 1.165) is 0 Å². The zero-order chi connectivity index (χ0) is 17.8. The summed E-state index contributed by atoms with van der Waals surface area (Å²) in [7, 11) is -3.68. The Balaban J connectivity index is 3.12. The summed E-state index contributed by atoms with van der Waals surface area (Å²) in [6.07, 6.45) is 0.341. The van der Waals surface area contributed by atoms with Crippen molar-refractivity contribution in [2.24, 2.45) is 5.41 Å². The molecule has 1 N–H and O–H groups in total. The third kappa shape index (κ3) is 5.48. The molecular weight excluding hydrogens is 336 g/mol. The molecule has 0 aliphatic carbocycles. The Bertz CT molecular complexity index is 662. The number of halogens is 1. The molecule has 1 rings (SSSR count). The first-order chi connectivity index (χ1) is 10.5. The third-order valence-corrected chi connectivity index (χ3v) is 5.76. The van der Waals surface area contributed by atoms with Gasteiger partial charge in [-0.3, -0.25) is 4.79 Å². The summed E-state index contributed by atoms with van der Waals surface area (Å²) < 4.78 is 26.6. The highest BCUT2D eigenvalue weighted by Crippen LogP contribution is 2.28. The largest absolute Gasteiger partial charge is 0.326 e. The van der Waals surface area contributed by atoms with Crippen LogP contribution >= 0.6 is 11.6 Å². The van der Waals surface area contributed by atoms with E-state index in [1.165, 1.54) is 16.4 Å². The lowest BCUT2D eigenvalue weighted by molar-refractivity contribution is -0.117. The molecule has 0 aliphatic rings. The number of amides is 1. The number of benzene rings is 1. The summed E-state index contributed by atoms with van der Waals surface area (Å²) in [4.78, 5) is 12.0. The monoisotopic (exact) mass is 360 g/mol. The number of nitrogens with one attached hydrogen (secondary N) is 1. The summed E-state index contributed by atoms with van der Waals surface area (Å²) in [5.74, 6) is -0.161. The second-order valence-electron chi connectivity index (χ2n) is 6.52. The molecule has 0 fully saturated rings. The fourth-order valence-electron chi connectivity index (χ4n) is 2.17. The number of sulfonamides is 1. The van der Waals surface area contributed by atoms with Gasteiger partial charge in [0.25, 0.3) is 0 Å². The third-order valence-electron chi connectivity index (χ3n) is 3.23. The van der Waals surface area contributed by atoms with E-state index in [1.807, 2.05) is 20.8 Å². The number of hydrogen-bond donors (Lipinski definition) is 1. The van der Waals surface area contributed by atoms with E-state index in [0.29, 0.717) is 25.2 Å². The first kappa shape index (κ1) is 19.9. The molecule has 0 radical (unpaired) electrons. The van der Waals surface area contributed by atoms with E-state index in [4.69, 9.17) is 11.6 Å².